The fourth-order valence-electron chi connectivity index (χ4n) is 2.24. The molecule has 0 saturated carbocycles. The fraction of sp³-hybridized carbons (Fsp3) is 0.500. The molecule has 0 amide bonds. The van der Waals surface area contributed by atoms with Crippen molar-refractivity contribution in [2.24, 2.45) is 0 Å². The van der Waals surface area contributed by atoms with Gasteiger partial charge in [0.1, 0.15) is 0 Å². The van der Waals surface area contributed by atoms with Gasteiger partial charge in [0, 0.05) is 12.2 Å². The van der Waals surface area contributed by atoms with Crippen molar-refractivity contribution >= 4 is 17.5 Å². The van der Waals surface area contributed by atoms with E-state index in [9.17, 15) is 0 Å². The van der Waals surface area contributed by atoms with Crippen molar-refractivity contribution < 1.29 is 0 Å². The highest BCUT2D eigenvalue weighted by Gasteiger charge is 2.12. The Morgan fingerprint density at radius 2 is 1.79 bits per heavy atom. The predicted octanol–water partition coefficient (Wildman–Crippen LogP) is 3.28. The van der Waals surface area contributed by atoms with Crippen LogP contribution >= 0.6 is 0 Å². The zero-order chi connectivity index (χ0) is 17.6. The Labute approximate surface area is 144 Å². The second kappa shape index (κ2) is 8.06. The molecule has 0 aliphatic heterocycles. The highest BCUT2D eigenvalue weighted by atomic mass is 15.3. The Morgan fingerprint density at radius 1 is 1.08 bits per heavy atom. The molecule has 6 heteroatoms. The summed E-state index contributed by atoms with van der Waals surface area (Å²) >= 11 is 0. The summed E-state index contributed by atoms with van der Waals surface area (Å²) in [5.74, 6) is 1.23. The molecular weight excluding hydrogens is 300 g/mol. The first kappa shape index (κ1) is 18.1. The maximum atomic E-state index is 4.45. The monoisotopic (exact) mass is 328 g/mol. The normalized spacial score (nSPS) is 11.6. The van der Waals surface area contributed by atoms with Gasteiger partial charge in [0.2, 0.25) is 5.95 Å². The number of hydrogen-bond acceptors (Lipinski definition) is 6. The zero-order valence-electron chi connectivity index (χ0n) is 15.3. The lowest BCUT2D eigenvalue weighted by Gasteiger charge is -2.19. The van der Waals surface area contributed by atoms with Gasteiger partial charge in [0.15, 0.2) is 5.82 Å². The summed E-state index contributed by atoms with van der Waals surface area (Å²) in [5, 5.41) is 14.5. The molecule has 0 unspecified atom stereocenters. The van der Waals surface area contributed by atoms with Crippen LogP contribution in [0, 0.1) is 0 Å². The van der Waals surface area contributed by atoms with Crippen molar-refractivity contribution in [3.05, 3.63) is 36.0 Å². The number of hydrogen-bond donors (Lipinski definition) is 2. The summed E-state index contributed by atoms with van der Waals surface area (Å²) < 4.78 is 0. The van der Waals surface area contributed by atoms with Gasteiger partial charge in [-0.25, -0.2) is 0 Å². The zero-order valence-corrected chi connectivity index (χ0v) is 15.3. The van der Waals surface area contributed by atoms with Crippen molar-refractivity contribution in [2.45, 2.75) is 32.6 Å². The van der Waals surface area contributed by atoms with Crippen LogP contribution in [0.25, 0.3) is 0 Å². The van der Waals surface area contributed by atoms with Crippen molar-refractivity contribution in [3.8, 4) is 0 Å². The molecule has 6 nitrogen and oxygen atoms in total. The van der Waals surface area contributed by atoms with Crippen molar-refractivity contribution in [1.82, 2.24) is 20.1 Å². The second-order valence-electron chi connectivity index (χ2n) is 7.20. The molecule has 2 rings (SSSR count). The van der Waals surface area contributed by atoms with Crippen LogP contribution in [0.5, 0.6) is 0 Å². The van der Waals surface area contributed by atoms with E-state index in [4.69, 9.17) is 0 Å². The third kappa shape index (κ3) is 5.77. The van der Waals surface area contributed by atoms with Crippen LogP contribution in [0.3, 0.4) is 0 Å². The van der Waals surface area contributed by atoms with Crippen LogP contribution in [0.4, 0.5) is 17.5 Å². The van der Waals surface area contributed by atoms with E-state index in [0.717, 1.165) is 25.2 Å². The van der Waals surface area contributed by atoms with Gasteiger partial charge in [-0.2, -0.15) is 10.1 Å². The number of aromatic nitrogens is 3. The molecule has 0 aliphatic carbocycles. The first-order valence-corrected chi connectivity index (χ1v) is 8.30. The summed E-state index contributed by atoms with van der Waals surface area (Å²) in [4.78, 5) is 6.60. The summed E-state index contributed by atoms with van der Waals surface area (Å²) in [6.07, 6.45) is 2.66. The molecule has 24 heavy (non-hydrogen) atoms. The van der Waals surface area contributed by atoms with E-state index in [1.54, 1.807) is 6.20 Å². The van der Waals surface area contributed by atoms with Crippen molar-refractivity contribution in [1.29, 1.82) is 0 Å². The van der Waals surface area contributed by atoms with Crippen LogP contribution in [0.2, 0.25) is 0 Å². The van der Waals surface area contributed by atoms with Crippen LogP contribution in [0.1, 0.15) is 32.8 Å². The van der Waals surface area contributed by atoms with Gasteiger partial charge in [0.05, 0.1) is 6.20 Å². The minimum atomic E-state index is 0.151. The standard InChI is InChI=1S/C18H28N6/c1-18(2,3)14-7-9-15(10-8-14)21-16-13-20-23-17(22-16)19-11-6-12-24(4)5/h7-10,13H,6,11-12H2,1-5H3,(H2,19,21,22,23). The molecule has 0 aliphatic rings. The Morgan fingerprint density at radius 3 is 2.42 bits per heavy atom. The van der Waals surface area contributed by atoms with E-state index in [1.165, 1.54) is 5.56 Å². The Kier molecular flexibility index (Phi) is 6.09. The number of benzene rings is 1. The lowest BCUT2D eigenvalue weighted by Crippen LogP contribution is -2.17. The van der Waals surface area contributed by atoms with E-state index in [0.29, 0.717) is 11.8 Å². The first-order valence-electron chi connectivity index (χ1n) is 8.30. The summed E-state index contributed by atoms with van der Waals surface area (Å²) in [6.45, 7) is 8.47. The number of nitrogens with one attached hydrogen (secondary N) is 2. The molecular formula is C18H28N6. The van der Waals surface area contributed by atoms with Gasteiger partial charge in [0.25, 0.3) is 0 Å². The average Bonchev–Trinajstić information content (AvgIpc) is 2.51. The second-order valence-corrected chi connectivity index (χ2v) is 7.20. The van der Waals surface area contributed by atoms with E-state index in [-0.39, 0.29) is 5.41 Å². The molecule has 0 spiro atoms. The topological polar surface area (TPSA) is 66.0 Å². The van der Waals surface area contributed by atoms with E-state index >= 15 is 0 Å². The SMILES string of the molecule is CN(C)CCCNc1nncc(Nc2ccc(C(C)(C)C)cc2)n1. The van der Waals surface area contributed by atoms with Gasteiger partial charge < -0.3 is 15.5 Å². The van der Waals surface area contributed by atoms with Crippen LogP contribution in [-0.2, 0) is 5.41 Å². The maximum absolute atomic E-state index is 4.45. The summed E-state index contributed by atoms with van der Waals surface area (Å²) in [7, 11) is 4.13. The third-order valence-corrected chi connectivity index (χ3v) is 3.65. The molecule has 1 aromatic carbocycles. The van der Waals surface area contributed by atoms with Crippen molar-refractivity contribution in [2.75, 3.05) is 37.8 Å². The third-order valence-electron chi connectivity index (χ3n) is 3.65. The largest absolute Gasteiger partial charge is 0.353 e. The molecule has 0 fully saturated rings. The number of rotatable bonds is 7. The minimum Gasteiger partial charge on any atom is -0.353 e. The number of nitrogens with zero attached hydrogens (tertiary/aromatic N) is 4. The van der Waals surface area contributed by atoms with Crippen LogP contribution < -0.4 is 10.6 Å². The predicted molar refractivity (Wildman–Crippen MR) is 99.9 cm³/mol. The van der Waals surface area contributed by atoms with Crippen LogP contribution in [-0.4, -0.2) is 47.3 Å². The molecule has 1 aromatic heterocycles. The highest BCUT2D eigenvalue weighted by Crippen LogP contribution is 2.24. The Hall–Kier alpha value is -2.21. The molecule has 2 aromatic rings. The lowest BCUT2D eigenvalue weighted by atomic mass is 9.87. The van der Waals surface area contributed by atoms with Gasteiger partial charge >= 0.3 is 0 Å². The summed E-state index contributed by atoms with van der Waals surface area (Å²) in [6, 6.07) is 8.40. The molecule has 130 valence electrons. The molecule has 0 atom stereocenters. The average molecular weight is 328 g/mol. The highest BCUT2D eigenvalue weighted by molar-refractivity contribution is 5.56. The Balaban J connectivity index is 1.94. The minimum absolute atomic E-state index is 0.151. The fourth-order valence-corrected chi connectivity index (χ4v) is 2.24. The van der Waals surface area contributed by atoms with E-state index in [1.807, 2.05) is 0 Å². The Bertz CT molecular complexity index is 631. The maximum Gasteiger partial charge on any atom is 0.244 e. The number of anilines is 3. The van der Waals surface area contributed by atoms with Gasteiger partial charge in [-0.15, -0.1) is 5.10 Å². The van der Waals surface area contributed by atoms with Gasteiger partial charge in [-0.05, 0) is 50.2 Å². The van der Waals surface area contributed by atoms with E-state index in [2.05, 4.69) is 89.8 Å². The molecule has 0 saturated heterocycles. The van der Waals surface area contributed by atoms with Crippen LogP contribution in [0.15, 0.2) is 30.5 Å². The van der Waals surface area contributed by atoms with Gasteiger partial charge in [-0.1, -0.05) is 32.9 Å². The van der Waals surface area contributed by atoms with E-state index < -0.39 is 0 Å². The first-order chi connectivity index (χ1) is 11.3. The van der Waals surface area contributed by atoms with Crippen molar-refractivity contribution in [3.63, 3.8) is 0 Å². The molecule has 0 radical (unpaired) electrons. The quantitative estimate of drug-likeness (QED) is 0.761. The summed E-state index contributed by atoms with van der Waals surface area (Å²) in [5.41, 5.74) is 2.44. The van der Waals surface area contributed by atoms with Gasteiger partial charge in [-0.3, -0.25) is 0 Å². The lowest BCUT2D eigenvalue weighted by molar-refractivity contribution is 0.405. The molecule has 1 heterocycles. The molecule has 0 bridgehead atoms. The smallest absolute Gasteiger partial charge is 0.244 e. The molecule has 2 N–H and O–H groups in total.